The highest BCUT2D eigenvalue weighted by atomic mass is 19.1. The predicted octanol–water partition coefficient (Wildman–Crippen LogP) is 1.88. The Morgan fingerprint density at radius 3 is 2.85 bits per heavy atom. The number of nitrogens with zero attached hydrogens (tertiary/aromatic N) is 1. The third kappa shape index (κ3) is 4.42. The maximum atomic E-state index is 13.7. The SMILES string of the molecule is O=C(CCc1ncc(-c2ccc(F)cc2F)o1)NNC(=O)C1CCCO1. The normalized spacial score (nSPS) is 16.5. The monoisotopic (exact) mass is 365 g/mol. The summed E-state index contributed by atoms with van der Waals surface area (Å²) < 4.78 is 37.2. The van der Waals surface area contributed by atoms with Crippen LogP contribution in [0.5, 0.6) is 0 Å². The minimum atomic E-state index is -0.762. The molecular formula is C17H17F2N3O4. The fourth-order valence-corrected chi connectivity index (χ4v) is 2.52. The van der Waals surface area contributed by atoms with Crippen molar-refractivity contribution in [2.45, 2.75) is 31.8 Å². The number of aryl methyl sites for hydroxylation is 1. The number of hydrogen-bond acceptors (Lipinski definition) is 5. The van der Waals surface area contributed by atoms with Crippen molar-refractivity contribution >= 4 is 11.8 Å². The van der Waals surface area contributed by atoms with Crippen LogP contribution in [-0.2, 0) is 20.7 Å². The van der Waals surface area contributed by atoms with E-state index in [2.05, 4.69) is 15.8 Å². The average Bonchev–Trinajstić information content (AvgIpc) is 3.29. The Kier molecular flexibility index (Phi) is 5.57. The molecule has 138 valence electrons. The Bertz CT molecular complexity index is 803. The van der Waals surface area contributed by atoms with Crippen LogP contribution in [0.4, 0.5) is 8.78 Å². The third-order valence-corrected chi connectivity index (χ3v) is 3.86. The number of ether oxygens (including phenoxy) is 1. The van der Waals surface area contributed by atoms with Crippen LogP contribution in [0, 0.1) is 11.6 Å². The van der Waals surface area contributed by atoms with Gasteiger partial charge in [0.2, 0.25) is 5.91 Å². The molecule has 0 bridgehead atoms. The molecule has 1 unspecified atom stereocenters. The fourth-order valence-electron chi connectivity index (χ4n) is 2.52. The highest BCUT2D eigenvalue weighted by molar-refractivity contribution is 5.84. The van der Waals surface area contributed by atoms with E-state index in [9.17, 15) is 18.4 Å². The van der Waals surface area contributed by atoms with Gasteiger partial charge in [0.25, 0.3) is 5.91 Å². The molecule has 2 aromatic rings. The lowest BCUT2D eigenvalue weighted by molar-refractivity contribution is -0.134. The molecule has 1 saturated heterocycles. The van der Waals surface area contributed by atoms with Crippen molar-refractivity contribution in [1.29, 1.82) is 0 Å². The summed E-state index contributed by atoms with van der Waals surface area (Å²) in [4.78, 5) is 27.4. The first-order chi connectivity index (χ1) is 12.5. The second-order valence-electron chi connectivity index (χ2n) is 5.78. The van der Waals surface area contributed by atoms with Gasteiger partial charge in [-0.2, -0.15) is 0 Å². The first kappa shape index (κ1) is 18.0. The molecule has 2 heterocycles. The van der Waals surface area contributed by atoms with Crippen LogP contribution in [0.3, 0.4) is 0 Å². The largest absolute Gasteiger partial charge is 0.441 e. The number of amides is 2. The number of hydrazine groups is 1. The number of benzene rings is 1. The van der Waals surface area contributed by atoms with Crippen molar-refractivity contribution in [1.82, 2.24) is 15.8 Å². The zero-order chi connectivity index (χ0) is 18.5. The number of halogens is 2. The molecule has 1 aromatic carbocycles. The summed E-state index contributed by atoms with van der Waals surface area (Å²) in [6, 6.07) is 3.12. The van der Waals surface area contributed by atoms with E-state index in [0.29, 0.717) is 13.0 Å². The molecule has 1 aliphatic heterocycles. The molecule has 0 aliphatic carbocycles. The van der Waals surface area contributed by atoms with Crippen LogP contribution in [0.1, 0.15) is 25.2 Å². The number of carbonyl (C=O) groups excluding carboxylic acids is 2. The predicted molar refractivity (Wildman–Crippen MR) is 85.4 cm³/mol. The highest BCUT2D eigenvalue weighted by Crippen LogP contribution is 2.24. The Balaban J connectivity index is 1.48. The first-order valence-corrected chi connectivity index (χ1v) is 8.13. The number of carbonyl (C=O) groups is 2. The Morgan fingerprint density at radius 2 is 2.12 bits per heavy atom. The van der Waals surface area contributed by atoms with Gasteiger partial charge in [-0.15, -0.1) is 0 Å². The first-order valence-electron chi connectivity index (χ1n) is 8.13. The molecule has 1 aromatic heterocycles. The Morgan fingerprint density at radius 1 is 1.27 bits per heavy atom. The second-order valence-corrected chi connectivity index (χ2v) is 5.78. The topological polar surface area (TPSA) is 93.5 Å². The summed E-state index contributed by atoms with van der Waals surface area (Å²) in [7, 11) is 0. The van der Waals surface area contributed by atoms with Crippen molar-refractivity contribution < 1.29 is 27.5 Å². The zero-order valence-corrected chi connectivity index (χ0v) is 13.8. The van der Waals surface area contributed by atoms with Gasteiger partial charge in [-0.25, -0.2) is 13.8 Å². The molecular weight excluding hydrogens is 348 g/mol. The van der Waals surface area contributed by atoms with Gasteiger partial charge in [0.05, 0.1) is 11.8 Å². The van der Waals surface area contributed by atoms with Gasteiger partial charge in [-0.1, -0.05) is 0 Å². The van der Waals surface area contributed by atoms with Crippen LogP contribution < -0.4 is 10.9 Å². The number of aromatic nitrogens is 1. The lowest BCUT2D eigenvalue weighted by Crippen LogP contribution is -2.46. The maximum Gasteiger partial charge on any atom is 0.267 e. The minimum absolute atomic E-state index is 0.0116. The van der Waals surface area contributed by atoms with E-state index < -0.39 is 23.6 Å². The molecule has 2 amide bonds. The quantitative estimate of drug-likeness (QED) is 0.789. The van der Waals surface area contributed by atoms with Crippen molar-refractivity contribution in [3.05, 3.63) is 41.9 Å². The van der Waals surface area contributed by atoms with Crippen molar-refractivity contribution in [3.63, 3.8) is 0 Å². The van der Waals surface area contributed by atoms with Gasteiger partial charge in [-0.05, 0) is 25.0 Å². The molecule has 0 radical (unpaired) electrons. The molecule has 1 aliphatic rings. The van der Waals surface area contributed by atoms with Gasteiger partial charge < -0.3 is 9.15 Å². The number of oxazole rings is 1. The van der Waals surface area contributed by atoms with E-state index >= 15 is 0 Å². The molecule has 2 N–H and O–H groups in total. The van der Waals surface area contributed by atoms with Gasteiger partial charge in [0.1, 0.15) is 17.7 Å². The number of rotatable bonds is 5. The van der Waals surface area contributed by atoms with E-state index in [4.69, 9.17) is 9.15 Å². The highest BCUT2D eigenvalue weighted by Gasteiger charge is 2.23. The molecule has 3 rings (SSSR count). The summed E-state index contributed by atoms with van der Waals surface area (Å²) in [5.74, 6) is -1.89. The van der Waals surface area contributed by atoms with Gasteiger partial charge in [0, 0.05) is 25.5 Å². The summed E-state index contributed by atoms with van der Waals surface area (Å²) in [5, 5.41) is 0. The van der Waals surface area contributed by atoms with Crippen LogP contribution in [-0.4, -0.2) is 29.5 Å². The standard InChI is InChI=1S/C17H17F2N3O4/c18-10-3-4-11(12(19)8-10)14-9-20-16(26-14)6-5-15(23)21-22-17(24)13-2-1-7-25-13/h3-4,8-9,13H,1-2,5-7H2,(H,21,23)(H,22,24). The van der Waals surface area contributed by atoms with E-state index in [0.717, 1.165) is 18.6 Å². The summed E-state index contributed by atoms with van der Waals surface area (Å²) >= 11 is 0. The van der Waals surface area contributed by atoms with E-state index in [1.807, 2.05) is 0 Å². The summed E-state index contributed by atoms with van der Waals surface area (Å²) in [5.41, 5.74) is 4.68. The van der Waals surface area contributed by atoms with Gasteiger partial charge in [-0.3, -0.25) is 20.4 Å². The number of hydrogen-bond donors (Lipinski definition) is 2. The van der Waals surface area contributed by atoms with Crippen LogP contribution in [0.15, 0.2) is 28.8 Å². The van der Waals surface area contributed by atoms with E-state index in [-0.39, 0.29) is 36.0 Å². The van der Waals surface area contributed by atoms with Crippen molar-refractivity contribution in [3.8, 4) is 11.3 Å². The smallest absolute Gasteiger partial charge is 0.267 e. The molecule has 7 nitrogen and oxygen atoms in total. The lowest BCUT2D eigenvalue weighted by atomic mass is 10.2. The van der Waals surface area contributed by atoms with Crippen LogP contribution in [0.2, 0.25) is 0 Å². The average molecular weight is 365 g/mol. The van der Waals surface area contributed by atoms with Gasteiger partial charge in [0.15, 0.2) is 11.7 Å². The van der Waals surface area contributed by atoms with Crippen molar-refractivity contribution in [2.75, 3.05) is 6.61 Å². The molecule has 26 heavy (non-hydrogen) atoms. The summed E-state index contributed by atoms with van der Waals surface area (Å²) in [6.07, 6.45) is 2.38. The maximum absolute atomic E-state index is 13.7. The van der Waals surface area contributed by atoms with Crippen LogP contribution in [0.25, 0.3) is 11.3 Å². The van der Waals surface area contributed by atoms with E-state index in [1.54, 1.807) is 0 Å². The second kappa shape index (κ2) is 8.05. The van der Waals surface area contributed by atoms with Crippen LogP contribution >= 0.6 is 0 Å². The Hall–Kier alpha value is -2.81. The summed E-state index contributed by atoms with van der Waals surface area (Å²) in [6.45, 7) is 0.535. The fraction of sp³-hybridized carbons (Fsp3) is 0.353. The number of nitrogens with one attached hydrogen (secondary N) is 2. The minimum Gasteiger partial charge on any atom is -0.441 e. The third-order valence-electron chi connectivity index (χ3n) is 3.86. The van der Waals surface area contributed by atoms with Crippen molar-refractivity contribution in [2.24, 2.45) is 0 Å². The molecule has 1 atom stereocenters. The molecule has 0 spiro atoms. The molecule has 1 fully saturated rings. The lowest BCUT2D eigenvalue weighted by Gasteiger charge is -2.10. The van der Waals surface area contributed by atoms with E-state index in [1.165, 1.54) is 12.3 Å². The Labute approximate surface area is 147 Å². The molecule has 9 heteroatoms. The zero-order valence-electron chi connectivity index (χ0n) is 13.8. The molecule has 0 saturated carbocycles. The van der Waals surface area contributed by atoms with Gasteiger partial charge >= 0.3 is 0 Å².